The van der Waals surface area contributed by atoms with Crippen LogP contribution in [0, 0.1) is 22.9 Å². The Morgan fingerprint density at radius 1 is 1.71 bits per heavy atom. The Labute approximate surface area is 79.7 Å². The molecule has 1 heterocycles. The van der Waals surface area contributed by atoms with E-state index < -0.39 is 10.7 Å². The van der Waals surface area contributed by atoms with Gasteiger partial charge in [0.05, 0.1) is 23.3 Å². The van der Waals surface area contributed by atoms with Crippen molar-refractivity contribution in [2.75, 3.05) is 7.11 Å². The molecule has 0 aliphatic carbocycles. The van der Waals surface area contributed by atoms with Gasteiger partial charge in [0.1, 0.15) is 5.69 Å². The van der Waals surface area contributed by atoms with Gasteiger partial charge in [-0.05, 0) is 6.92 Å². The van der Waals surface area contributed by atoms with Gasteiger partial charge in [-0.3, -0.25) is 15.1 Å². The third-order valence-corrected chi connectivity index (χ3v) is 1.76. The molecule has 6 heteroatoms. The van der Waals surface area contributed by atoms with Crippen molar-refractivity contribution >= 4 is 5.69 Å². The Bertz CT molecular complexity index is 368. The summed E-state index contributed by atoms with van der Waals surface area (Å²) in [5, 5.41) is 10.6. The zero-order chi connectivity index (χ0) is 10.7. The van der Waals surface area contributed by atoms with Crippen molar-refractivity contribution in [2.24, 2.45) is 0 Å². The average Bonchev–Trinajstić information content (AvgIpc) is 2.11. The van der Waals surface area contributed by atoms with Crippen LogP contribution in [0.4, 0.5) is 10.1 Å². The molecule has 14 heavy (non-hydrogen) atoms. The number of halogens is 1. The van der Waals surface area contributed by atoms with Gasteiger partial charge in [0, 0.05) is 7.11 Å². The van der Waals surface area contributed by atoms with Crippen LogP contribution in [0.2, 0.25) is 0 Å². The SMILES string of the molecule is COCc1c(F)cnc(C)c1[N+](=O)[O-]. The molecule has 0 aromatic carbocycles. The molecule has 1 aromatic heterocycles. The van der Waals surface area contributed by atoms with Crippen molar-refractivity contribution < 1.29 is 14.1 Å². The molecule has 0 unspecified atom stereocenters. The lowest BCUT2D eigenvalue weighted by Gasteiger charge is -2.04. The number of aryl methyl sites for hydroxylation is 1. The summed E-state index contributed by atoms with van der Waals surface area (Å²) in [6.07, 6.45) is 0.955. The van der Waals surface area contributed by atoms with E-state index in [2.05, 4.69) is 9.72 Å². The van der Waals surface area contributed by atoms with Crippen LogP contribution in [0.3, 0.4) is 0 Å². The van der Waals surface area contributed by atoms with E-state index in [1.807, 2.05) is 0 Å². The second kappa shape index (κ2) is 4.10. The number of hydrogen-bond acceptors (Lipinski definition) is 4. The van der Waals surface area contributed by atoms with Gasteiger partial charge >= 0.3 is 0 Å². The van der Waals surface area contributed by atoms with Crippen LogP contribution in [0.15, 0.2) is 6.20 Å². The molecule has 0 spiro atoms. The fourth-order valence-corrected chi connectivity index (χ4v) is 1.15. The summed E-state index contributed by atoms with van der Waals surface area (Å²) < 4.78 is 17.8. The lowest BCUT2D eigenvalue weighted by atomic mass is 10.2. The van der Waals surface area contributed by atoms with Gasteiger partial charge in [0.15, 0.2) is 5.82 Å². The smallest absolute Gasteiger partial charge is 0.298 e. The molecular formula is C8H9FN2O3. The molecule has 5 nitrogen and oxygen atoms in total. The number of nitrogens with zero attached hydrogens (tertiary/aromatic N) is 2. The van der Waals surface area contributed by atoms with Crippen molar-refractivity contribution in [3.63, 3.8) is 0 Å². The molecule has 0 saturated heterocycles. The molecule has 0 fully saturated rings. The molecule has 0 aliphatic rings. The number of pyridine rings is 1. The zero-order valence-electron chi connectivity index (χ0n) is 7.78. The van der Waals surface area contributed by atoms with Gasteiger partial charge in [-0.25, -0.2) is 4.39 Å². The van der Waals surface area contributed by atoms with Crippen LogP contribution in [-0.4, -0.2) is 17.0 Å². The third kappa shape index (κ3) is 1.85. The Hall–Kier alpha value is -1.56. The van der Waals surface area contributed by atoms with Crippen LogP contribution in [0.25, 0.3) is 0 Å². The molecule has 0 aliphatic heterocycles. The van der Waals surface area contributed by atoms with E-state index in [1.54, 1.807) is 0 Å². The molecule has 0 radical (unpaired) electrons. The van der Waals surface area contributed by atoms with E-state index in [9.17, 15) is 14.5 Å². The van der Waals surface area contributed by atoms with Gasteiger partial charge in [-0.1, -0.05) is 0 Å². The molecule has 0 bridgehead atoms. The predicted molar refractivity (Wildman–Crippen MR) is 46.3 cm³/mol. The maximum Gasteiger partial charge on any atom is 0.298 e. The summed E-state index contributed by atoms with van der Waals surface area (Å²) >= 11 is 0. The highest BCUT2D eigenvalue weighted by atomic mass is 19.1. The molecule has 0 amide bonds. The minimum absolute atomic E-state index is 0.0648. The van der Waals surface area contributed by atoms with Crippen LogP contribution >= 0.6 is 0 Å². The summed E-state index contributed by atoms with van der Waals surface area (Å²) in [6, 6.07) is 0. The first-order valence-corrected chi connectivity index (χ1v) is 3.85. The topological polar surface area (TPSA) is 65.3 Å². The van der Waals surface area contributed by atoms with Crippen molar-refractivity contribution in [3.05, 3.63) is 33.4 Å². The highest BCUT2D eigenvalue weighted by Gasteiger charge is 2.22. The van der Waals surface area contributed by atoms with Crippen LogP contribution < -0.4 is 0 Å². The molecule has 1 rings (SSSR count). The highest BCUT2D eigenvalue weighted by molar-refractivity contribution is 5.43. The van der Waals surface area contributed by atoms with Gasteiger partial charge in [0.25, 0.3) is 5.69 Å². The number of hydrogen-bond donors (Lipinski definition) is 0. The monoisotopic (exact) mass is 200 g/mol. The number of nitro groups is 1. The van der Waals surface area contributed by atoms with Crippen molar-refractivity contribution in [1.29, 1.82) is 0 Å². The van der Waals surface area contributed by atoms with Crippen LogP contribution in [0.1, 0.15) is 11.3 Å². The van der Waals surface area contributed by atoms with Gasteiger partial charge in [-0.15, -0.1) is 0 Å². The number of rotatable bonds is 3. The standard InChI is InChI=1S/C8H9FN2O3/c1-5-8(11(12)13)6(4-14-2)7(9)3-10-5/h3H,4H2,1-2H3. The van der Waals surface area contributed by atoms with E-state index in [0.29, 0.717) is 0 Å². The minimum atomic E-state index is -0.718. The summed E-state index contributed by atoms with van der Waals surface area (Å²) in [7, 11) is 1.35. The quantitative estimate of drug-likeness (QED) is 0.548. The molecule has 0 atom stereocenters. The molecule has 0 saturated carbocycles. The van der Waals surface area contributed by atoms with Crippen molar-refractivity contribution in [1.82, 2.24) is 4.98 Å². The number of aromatic nitrogens is 1. The molecule has 1 aromatic rings. The summed E-state index contributed by atoms with van der Waals surface area (Å²) in [5.74, 6) is -0.718. The number of ether oxygens (including phenoxy) is 1. The largest absolute Gasteiger partial charge is 0.380 e. The van der Waals surface area contributed by atoms with Crippen LogP contribution in [0.5, 0.6) is 0 Å². The summed E-state index contributed by atoms with van der Waals surface area (Å²) in [4.78, 5) is 13.5. The van der Waals surface area contributed by atoms with E-state index in [-0.39, 0.29) is 23.6 Å². The Kier molecular flexibility index (Phi) is 3.08. The first-order valence-electron chi connectivity index (χ1n) is 3.85. The normalized spacial score (nSPS) is 10.2. The first-order chi connectivity index (χ1) is 6.57. The first kappa shape index (κ1) is 10.5. The van der Waals surface area contributed by atoms with E-state index in [1.165, 1.54) is 14.0 Å². The van der Waals surface area contributed by atoms with E-state index >= 15 is 0 Å². The Morgan fingerprint density at radius 2 is 2.36 bits per heavy atom. The third-order valence-electron chi connectivity index (χ3n) is 1.76. The van der Waals surface area contributed by atoms with Crippen LogP contribution in [-0.2, 0) is 11.3 Å². The predicted octanol–water partition coefficient (Wildman–Crippen LogP) is 1.58. The van der Waals surface area contributed by atoms with Crippen molar-refractivity contribution in [3.8, 4) is 0 Å². The molecule has 0 N–H and O–H groups in total. The minimum Gasteiger partial charge on any atom is -0.380 e. The lowest BCUT2D eigenvalue weighted by Crippen LogP contribution is -2.04. The van der Waals surface area contributed by atoms with Gasteiger partial charge in [-0.2, -0.15) is 0 Å². The maximum absolute atomic E-state index is 13.1. The lowest BCUT2D eigenvalue weighted by molar-refractivity contribution is -0.387. The van der Waals surface area contributed by atoms with E-state index in [4.69, 9.17) is 0 Å². The summed E-state index contributed by atoms with van der Waals surface area (Å²) in [5.41, 5.74) is -0.194. The van der Waals surface area contributed by atoms with Gasteiger partial charge < -0.3 is 4.74 Å². The van der Waals surface area contributed by atoms with Crippen molar-refractivity contribution in [2.45, 2.75) is 13.5 Å². The van der Waals surface area contributed by atoms with Gasteiger partial charge in [0.2, 0.25) is 0 Å². The maximum atomic E-state index is 13.1. The molecule has 76 valence electrons. The average molecular weight is 200 g/mol. The fraction of sp³-hybridized carbons (Fsp3) is 0.375. The fourth-order valence-electron chi connectivity index (χ4n) is 1.15. The zero-order valence-corrected chi connectivity index (χ0v) is 7.78. The van der Waals surface area contributed by atoms with E-state index in [0.717, 1.165) is 6.20 Å². The highest BCUT2D eigenvalue weighted by Crippen LogP contribution is 2.24. The molecular weight excluding hydrogens is 191 g/mol. The Balaban J connectivity index is 3.33. The Morgan fingerprint density at radius 3 is 2.86 bits per heavy atom. The second-order valence-electron chi connectivity index (χ2n) is 2.71. The summed E-state index contributed by atoms with van der Waals surface area (Å²) in [6.45, 7) is 1.32. The number of methoxy groups -OCH3 is 1. The second-order valence-corrected chi connectivity index (χ2v) is 2.71.